The van der Waals surface area contributed by atoms with Gasteiger partial charge in [0.1, 0.15) is 5.75 Å². The first-order chi connectivity index (χ1) is 14.8. The predicted octanol–water partition coefficient (Wildman–Crippen LogP) is 6.29. The number of halogens is 3. The summed E-state index contributed by atoms with van der Waals surface area (Å²) >= 11 is 0. The molecule has 0 saturated heterocycles. The van der Waals surface area contributed by atoms with Crippen LogP contribution in [-0.4, -0.2) is 11.3 Å². The van der Waals surface area contributed by atoms with Crippen LogP contribution in [0.4, 0.5) is 13.2 Å². The van der Waals surface area contributed by atoms with E-state index in [1.54, 1.807) is 12.1 Å². The van der Waals surface area contributed by atoms with Crippen LogP contribution in [0.1, 0.15) is 16.7 Å². The fourth-order valence-electron chi connectivity index (χ4n) is 3.30. The van der Waals surface area contributed by atoms with Gasteiger partial charge in [0, 0.05) is 23.4 Å². The third-order valence-corrected chi connectivity index (χ3v) is 4.86. The number of rotatable bonds is 4. The Balaban J connectivity index is 1.68. The maximum atomic E-state index is 13.1. The Morgan fingerprint density at radius 1 is 1.03 bits per heavy atom. The van der Waals surface area contributed by atoms with Crippen LogP contribution in [0.3, 0.4) is 0 Å². The van der Waals surface area contributed by atoms with E-state index in [4.69, 9.17) is 10.3 Å². The second-order valence-corrected chi connectivity index (χ2v) is 6.83. The Morgan fingerprint density at radius 2 is 1.84 bits per heavy atom. The topological polar surface area (TPSA) is 78.0 Å². The SMILES string of the molecule is N=NC1(c2cccc(C(F)(F)F)c2)C=CC=C(N=Cc2c(O)ccc3ccccc23)O1. The number of alkyl halides is 3. The van der Waals surface area contributed by atoms with Crippen LogP contribution in [0.5, 0.6) is 5.75 Å². The summed E-state index contributed by atoms with van der Waals surface area (Å²) in [4.78, 5) is 4.24. The second-order valence-electron chi connectivity index (χ2n) is 6.83. The van der Waals surface area contributed by atoms with Crippen LogP contribution in [0.2, 0.25) is 0 Å². The zero-order valence-corrected chi connectivity index (χ0v) is 16.0. The maximum absolute atomic E-state index is 13.1. The zero-order valence-electron chi connectivity index (χ0n) is 16.0. The van der Waals surface area contributed by atoms with Crippen LogP contribution in [0.15, 0.2) is 94.9 Å². The van der Waals surface area contributed by atoms with Gasteiger partial charge in [-0.3, -0.25) is 0 Å². The first-order valence-corrected chi connectivity index (χ1v) is 9.22. The second kappa shape index (κ2) is 7.71. The van der Waals surface area contributed by atoms with Crippen molar-refractivity contribution >= 4 is 17.0 Å². The highest BCUT2D eigenvalue weighted by Gasteiger charge is 2.37. The standard InChI is InChI=1S/C23H16F3N3O2/c24-23(25,26)17-7-3-6-16(13-17)22(29-27)12-4-9-21(31-22)28-14-19-18-8-2-1-5-15(18)10-11-20(19)30/h1-14,27,30H. The Kier molecular flexibility index (Phi) is 5.06. The first-order valence-electron chi connectivity index (χ1n) is 9.22. The van der Waals surface area contributed by atoms with Gasteiger partial charge in [-0.05, 0) is 35.0 Å². The van der Waals surface area contributed by atoms with E-state index in [0.29, 0.717) is 5.56 Å². The minimum Gasteiger partial charge on any atom is -0.507 e. The molecule has 0 fully saturated rings. The number of benzene rings is 3. The third-order valence-electron chi connectivity index (χ3n) is 4.86. The van der Waals surface area contributed by atoms with Crippen molar-refractivity contribution in [3.63, 3.8) is 0 Å². The van der Waals surface area contributed by atoms with Crippen molar-refractivity contribution in [2.75, 3.05) is 0 Å². The average Bonchev–Trinajstić information content (AvgIpc) is 2.78. The first kappa shape index (κ1) is 20.3. The number of nitrogens with zero attached hydrogens (tertiary/aromatic N) is 2. The van der Waals surface area contributed by atoms with E-state index in [1.807, 2.05) is 24.3 Å². The van der Waals surface area contributed by atoms with Crippen molar-refractivity contribution in [1.29, 1.82) is 5.53 Å². The Morgan fingerprint density at radius 3 is 2.61 bits per heavy atom. The Hall–Kier alpha value is -3.94. The maximum Gasteiger partial charge on any atom is 0.416 e. The van der Waals surface area contributed by atoms with Gasteiger partial charge in [-0.2, -0.15) is 13.2 Å². The lowest BCUT2D eigenvalue weighted by Gasteiger charge is -2.28. The molecule has 4 rings (SSSR count). The van der Waals surface area contributed by atoms with Gasteiger partial charge in [0.25, 0.3) is 5.72 Å². The molecule has 1 heterocycles. The number of aromatic hydroxyl groups is 1. The minimum atomic E-state index is -4.54. The molecule has 0 bridgehead atoms. The van der Waals surface area contributed by atoms with E-state index in [9.17, 15) is 18.3 Å². The largest absolute Gasteiger partial charge is 0.507 e. The van der Waals surface area contributed by atoms with Crippen LogP contribution < -0.4 is 0 Å². The number of fused-ring (bicyclic) bond motifs is 1. The molecule has 0 aromatic heterocycles. The monoisotopic (exact) mass is 423 g/mol. The van der Waals surface area contributed by atoms with E-state index in [-0.39, 0.29) is 17.2 Å². The van der Waals surface area contributed by atoms with Gasteiger partial charge in [-0.25, -0.2) is 10.5 Å². The van der Waals surface area contributed by atoms with Gasteiger partial charge in [-0.1, -0.05) is 48.5 Å². The summed E-state index contributed by atoms with van der Waals surface area (Å²) in [7, 11) is 0. The summed E-state index contributed by atoms with van der Waals surface area (Å²) in [6.45, 7) is 0. The van der Waals surface area contributed by atoms with Crippen molar-refractivity contribution in [2.24, 2.45) is 10.1 Å². The van der Waals surface area contributed by atoms with E-state index in [2.05, 4.69) is 10.1 Å². The zero-order chi connectivity index (χ0) is 22.1. The van der Waals surface area contributed by atoms with E-state index >= 15 is 0 Å². The van der Waals surface area contributed by atoms with Crippen LogP contribution in [-0.2, 0) is 16.6 Å². The molecule has 0 aliphatic carbocycles. The van der Waals surface area contributed by atoms with Gasteiger partial charge < -0.3 is 9.84 Å². The molecule has 5 nitrogen and oxygen atoms in total. The average molecular weight is 423 g/mol. The molecular formula is C23H16F3N3O2. The number of ether oxygens (including phenoxy) is 1. The number of nitrogens with one attached hydrogen (secondary N) is 1. The molecule has 0 saturated carbocycles. The van der Waals surface area contributed by atoms with Crippen molar-refractivity contribution < 1.29 is 23.0 Å². The number of aliphatic imine (C=N–C) groups is 1. The summed E-state index contributed by atoms with van der Waals surface area (Å²) in [5, 5.41) is 15.4. The number of allylic oxidation sites excluding steroid dienone is 2. The number of phenols is 1. The van der Waals surface area contributed by atoms with Crippen molar-refractivity contribution in [2.45, 2.75) is 11.9 Å². The lowest BCUT2D eigenvalue weighted by molar-refractivity contribution is -0.137. The molecule has 31 heavy (non-hydrogen) atoms. The molecule has 1 atom stereocenters. The summed E-state index contributed by atoms with van der Waals surface area (Å²) < 4.78 is 45.1. The van der Waals surface area contributed by atoms with Gasteiger partial charge in [-0.15, -0.1) is 5.11 Å². The lowest BCUT2D eigenvalue weighted by Crippen LogP contribution is -2.26. The molecule has 156 valence electrons. The summed E-state index contributed by atoms with van der Waals surface area (Å²) in [6, 6.07) is 15.2. The highest BCUT2D eigenvalue weighted by molar-refractivity contribution is 6.02. The fraction of sp³-hybridized carbons (Fsp3) is 0.0870. The van der Waals surface area contributed by atoms with Gasteiger partial charge in [0.05, 0.1) is 5.56 Å². The quantitative estimate of drug-likeness (QED) is 0.382. The van der Waals surface area contributed by atoms with Gasteiger partial charge in [0.2, 0.25) is 5.88 Å². The molecule has 3 aromatic rings. The summed E-state index contributed by atoms with van der Waals surface area (Å²) in [6.07, 6.45) is 1.25. The van der Waals surface area contributed by atoms with Crippen molar-refractivity contribution in [3.8, 4) is 5.75 Å². The molecule has 1 aliphatic rings. The lowest BCUT2D eigenvalue weighted by atomic mass is 9.99. The van der Waals surface area contributed by atoms with E-state index in [1.165, 1.54) is 36.6 Å². The van der Waals surface area contributed by atoms with Gasteiger partial charge >= 0.3 is 6.18 Å². The third kappa shape index (κ3) is 3.92. The smallest absolute Gasteiger partial charge is 0.416 e. The molecule has 2 N–H and O–H groups in total. The fourth-order valence-corrected chi connectivity index (χ4v) is 3.30. The molecule has 3 aromatic carbocycles. The molecule has 0 spiro atoms. The summed E-state index contributed by atoms with van der Waals surface area (Å²) in [5.41, 5.74) is 5.45. The molecule has 8 heteroatoms. The van der Waals surface area contributed by atoms with Gasteiger partial charge in [0.15, 0.2) is 0 Å². The number of hydrogen-bond donors (Lipinski definition) is 2. The Bertz CT molecular complexity index is 1250. The van der Waals surface area contributed by atoms with Crippen molar-refractivity contribution in [3.05, 3.63) is 101 Å². The predicted molar refractivity (Wildman–Crippen MR) is 110 cm³/mol. The normalized spacial score (nSPS) is 18.7. The van der Waals surface area contributed by atoms with E-state index in [0.717, 1.165) is 22.9 Å². The Labute approximate surface area is 175 Å². The van der Waals surface area contributed by atoms with Crippen molar-refractivity contribution in [1.82, 2.24) is 0 Å². The van der Waals surface area contributed by atoms with Crippen LogP contribution in [0.25, 0.3) is 10.8 Å². The summed E-state index contributed by atoms with van der Waals surface area (Å²) in [5.74, 6) is 0.0481. The molecule has 0 amide bonds. The van der Waals surface area contributed by atoms with Crippen LogP contribution >= 0.6 is 0 Å². The molecule has 1 unspecified atom stereocenters. The highest BCUT2D eigenvalue weighted by Crippen LogP contribution is 2.38. The van der Waals surface area contributed by atoms with E-state index < -0.39 is 17.5 Å². The number of hydrogen-bond acceptors (Lipinski definition) is 5. The molecule has 0 radical (unpaired) electrons. The highest BCUT2D eigenvalue weighted by atomic mass is 19.4. The number of phenolic OH excluding ortho intramolecular Hbond substituents is 1. The minimum absolute atomic E-state index is 0.0173. The molecular weight excluding hydrogens is 407 g/mol. The molecule has 1 aliphatic heterocycles. The van der Waals surface area contributed by atoms with Crippen LogP contribution in [0, 0.1) is 5.53 Å².